The number of aryl methyl sites for hydroxylation is 2. The Bertz CT molecular complexity index is 980. The van der Waals surface area contributed by atoms with Gasteiger partial charge in [0.1, 0.15) is 12.4 Å². The minimum atomic E-state index is 0.0699. The largest absolute Gasteiger partial charge is 0.486 e. The summed E-state index contributed by atoms with van der Waals surface area (Å²) in [5.41, 5.74) is 3.74. The van der Waals surface area contributed by atoms with Gasteiger partial charge in [-0.25, -0.2) is 4.98 Å². The van der Waals surface area contributed by atoms with Crippen LogP contribution in [0.1, 0.15) is 33.1 Å². The minimum absolute atomic E-state index is 0.0699. The Morgan fingerprint density at radius 2 is 2.07 bits per heavy atom. The zero-order chi connectivity index (χ0) is 19.6. The predicted molar refractivity (Wildman–Crippen MR) is 107 cm³/mol. The molecular formula is C19H21ClN4O2S. The third-order valence-corrected chi connectivity index (χ3v) is 5.70. The normalized spacial score (nSPS) is 11.0. The van der Waals surface area contributed by atoms with Crippen molar-refractivity contribution in [2.75, 3.05) is 5.75 Å². The SMILES string of the molecule is Cc1cc(OCc2nc(SCC(=O)c3cc(C)n(C)c3C)n[nH]2)ccc1Cl. The van der Waals surface area contributed by atoms with Crippen molar-refractivity contribution in [3.05, 3.63) is 57.6 Å². The molecule has 0 fully saturated rings. The van der Waals surface area contributed by atoms with Gasteiger partial charge in [0.15, 0.2) is 11.6 Å². The van der Waals surface area contributed by atoms with Crippen molar-refractivity contribution < 1.29 is 9.53 Å². The molecule has 6 nitrogen and oxygen atoms in total. The Hall–Kier alpha value is -2.25. The van der Waals surface area contributed by atoms with Crippen molar-refractivity contribution in [2.24, 2.45) is 7.05 Å². The van der Waals surface area contributed by atoms with Gasteiger partial charge >= 0.3 is 0 Å². The number of carbonyl (C=O) groups is 1. The molecule has 0 saturated heterocycles. The molecule has 0 aliphatic rings. The summed E-state index contributed by atoms with van der Waals surface area (Å²) in [6.07, 6.45) is 0. The van der Waals surface area contributed by atoms with Crippen LogP contribution in [0, 0.1) is 20.8 Å². The van der Waals surface area contributed by atoms with Crippen LogP contribution in [0.15, 0.2) is 29.4 Å². The number of benzene rings is 1. The summed E-state index contributed by atoms with van der Waals surface area (Å²) < 4.78 is 7.71. The average Bonchev–Trinajstić information content (AvgIpc) is 3.21. The molecular weight excluding hydrogens is 384 g/mol. The van der Waals surface area contributed by atoms with E-state index < -0.39 is 0 Å². The molecule has 3 rings (SSSR count). The third kappa shape index (κ3) is 4.54. The van der Waals surface area contributed by atoms with E-state index in [0.717, 1.165) is 22.5 Å². The Morgan fingerprint density at radius 3 is 2.74 bits per heavy atom. The Morgan fingerprint density at radius 1 is 1.30 bits per heavy atom. The lowest BCUT2D eigenvalue weighted by Gasteiger charge is -2.05. The second-order valence-corrected chi connectivity index (χ2v) is 7.67. The highest BCUT2D eigenvalue weighted by molar-refractivity contribution is 7.99. The maximum absolute atomic E-state index is 12.4. The van der Waals surface area contributed by atoms with Crippen LogP contribution in [-0.4, -0.2) is 31.3 Å². The fraction of sp³-hybridized carbons (Fsp3) is 0.316. The highest BCUT2D eigenvalue weighted by Crippen LogP contribution is 2.22. The van der Waals surface area contributed by atoms with Crippen molar-refractivity contribution in [1.29, 1.82) is 0 Å². The van der Waals surface area contributed by atoms with Crippen molar-refractivity contribution in [3.63, 3.8) is 0 Å². The molecule has 0 saturated carbocycles. The van der Waals surface area contributed by atoms with Gasteiger partial charge in [-0.15, -0.1) is 5.10 Å². The molecule has 3 aromatic rings. The number of thioether (sulfide) groups is 1. The Labute approximate surface area is 167 Å². The predicted octanol–water partition coefficient (Wildman–Crippen LogP) is 4.28. The first-order chi connectivity index (χ1) is 12.8. The topological polar surface area (TPSA) is 72.8 Å². The molecule has 0 atom stereocenters. The molecule has 142 valence electrons. The highest BCUT2D eigenvalue weighted by atomic mass is 35.5. The maximum Gasteiger partial charge on any atom is 0.208 e. The first-order valence-electron chi connectivity index (χ1n) is 8.44. The van der Waals surface area contributed by atoms with Gasteiger partial charge in [-0.05, 0) is 50.6 Å². The number of Topliss-reactive ketones (excluding diaryl/α,β-unsaturated/α-hetero) is 1. The first-order valence-corrected chi connectivity index (χ1v) is 9.80. The molecule has 0 radical (unpaired) electrons. The molecule has 0 aliphatic carbocycles. The average molecular weight is 405 g/mol. The van der Waals surface area contributed by atoms with Crippen LogP contribution in [0.2, 0.25) is 5.02 Å². The second-order valence-electron chi connectivity index (χ2n) is 6.32. The summed E-state index contributed by atoms with van der Waals surface area (Å²) in [4.78, 5) is 16.8. The lowest BCUT2D eigenvalue weighted by Crippen LogP contribution is -2.04. The number of nitrogens with one attached hydrogen (secondary N) is 1. The number of aromatic nitrogens is 4. The van der Waals surface area contributed by atoms with Crippen LogP contribution < -0.4 is 4.74 Å². The molecule has 8 heteroatoms. The van der Waals surface area contributed by atoms with Crippen molar-refractivity contribution in [1.82, 2.24) is 19.7 Å². The standard InChI is InChI=1S/C19H21ClN4O2S/c1-11-7-14(5-6-16(11)20)26-9-18-21-19(23-22-18)27-10-17(25)15-8-12(2)24(4)13(15)3/h5-8H,9-10H2,1-4H3,(H,21,22,23). The van der Waals surface area contributed by atoms with E-state index in [0.29, 0.717) is 27.5 Å². The molecule has 27 heavy (non-hydrogen) atoms. The summed E-state index contributed by atoms with van der Waals surface area (Å²) in [7, 11) is 1.96. The fourth-order valence-corrected chi connectivity index (χ4v) is 3.43. The van der Waals surface area contributed by atoms with Gasteiger partial charge in [0.2, 0.25) is 5.16 Å². The van der Waals surface area contributed by atoms with Crippen molar-refractivity contribution in [2.45, 2.75) is 32.5 Å². The lowest BCUT2D eigenvalue weighted by atomic mass is 10.2. The van der Waals surface area contributed by atoms with E-state index in [-0.39, 0.29) is 12.4 Å². The number of rotatable bonds is 7. The highest BCUT2D eigenvalue weighted by Gasteiger charge is 2.15. The maximum atomic E-state index is 12.4. The molecule has 0 amide bonds. The van der Waals surface area contributed by atoms with Crippen LogP contribution in [0.5, 0.6) is 5.75 Å². The second kappa shape index (κ2) is 8.19. The van der Waals surface area contributed by atoms with Crippen LogP contribution in [0.25, 0.3) is 0 Å². The molecule has 0 unspecified atom stereocenters. The van der Waals surface area contributed by atoms with Gasteiger partial charge in [0.05, 0.1) is 5.75 Å². The fourth-order valence-electron chi connectivity index (χ4n) is 2.61. The Kier molecular flexibility index (Phi) is 5.92. The van der Waals surface area contributed by atoms with E-state index in [1.54, 1.807) is 6.07 Å². The molecule has 0 bridgehead atoms. The minimum Gasteiger partial charge on any atom is -0.486 e. The molecule has 0 spiro atoms. The van der Waals surface area contributed by atoms with Crippen molar-refractivity contribution >= 4 is 29.1 Å². The van der Waals surface area contributed by atoms with Gasteiger partial charge in [0.25, 0.3) is 0 Å². The van der Waals surface area contributed by atoms with E-state index in [2.05, 4.69) is 15.2 Å². The van der Waals surface area contributed by atoms with Gasteiger partial charge < -0.3 is 9.30 Å². The molecule has 1 N–H and O–H groups in total. The number of carbonyl (C=O) groups excluding carboxylic acids is 1. The number of nitrogens with zero attached hydrogens (tertiary/aromatic N) is 3. The first kappa shape index (κ1) is 19.5. The zero-order valence-corrected chi connectivity index (χ0v) is 17.2. The quantitative estimate of drug-likeness (QED) is 0.470. The van der Waals surface area contributed by atoms with Crippen LogP contribution >= 0.6 is 23.4 Å². The summed E-state index contributed by atoms with van der Waals surface area (Å²) in [5.74, 6) is 1.68. The number of hydrogen-bond donors (Lipinski definition) is 1. The van der Waals surface area contributed by atoms with E-state index in [1.165, 1.54) is 11.8 Å². The summed E-state index contributed by atoms with van der Waals surface area (Å²) >= 11 is 7.32. The summed E-state index contributed by atoms with van der Waals surface area (Å²) in [5, 5.41) is 8.21. The summed E-state index contributed by atoms with van der Waals surface area (Å²) in [6, 6.07) is 7.40. The van der Waals surface area contributed by atoms with E-state index >= 15 is 0 Å². The number of hydrogen-bond acceptors (Lipinski definition) is 5. The lowest BCUT2D eigenvalue weighted by molar-refractivity contribution is 0.102. The van der Waals surface area contributed by atoms with E-state index in [9.17, 15) is 4.79 Å². The number of ether oxygens (including phenoxy) is 1. The molecule has 1 aromatic carbocycles. The van der Waals surface area contributed by atoms with Gasteiger partial charge in [-0.1, -0.05) is 23.4 Å². The smallest absolute Gasteiger partial charge is 0.208 e. The van der Waals surface area contributed by atoms with Crippen LogP contribution in [-0.2, 0) is 13.7 Å². The number of aromatic amines is 1. The van der Waals surface area contributed by atoms with Crippen molar-refractivity contribution in [3.8, 4) is 5.75 Å². The van der Waals surface area contributed by atoms with E-state index in [1.807, 2.05) is 50.6 Å². The summed E-state index contributed by atoms with van der Waals surface area (Å²) in [6.45, 7) is 6.12. The van der Waals surface area contributed by atoms with E-state index in [4.69, 9.17) is 16.3 Å². The van der Waals surface area contributed by atoms with Gasteiger partial charge in [-0.2, -0.15) is 0 Å². The van der Waals surface area contributed by atoms with Gasteiger partial charge in [-0.3, -0.25) is 9.89 Å². The number of ketones is 1. The molecule has 2 aromatic heterocycles. The molecule has 2 heterocycles. The number of H-pyrrole nitrogens is 1. The monoisotopic (exact) mass is 404 g/mol. The third-order valence-electron chi connectivity index (χ3n) is 4.42. The zero-order valence-electron chi connectivity index (χ0n) is 15.7. The molecule has 0 aliphatic heterocycles. The van der Waals surface area contributed by atoms with Gasteiger partial charge in [0, 0.05) is 29.0 Å². The Balaban J connectivity index is 1.55. The van der Waals surface area contributed by atoms with Crippen LogP contribution in [0.3, 0.4) is 0 Å². The van der Waals surface area contributed by atoms with Crippen LogP contribution in [0.4, 0.5) is 0 Å². The number of halogens is 1.